The molecule has 0 aromatic heterocycles. The summed E-state index contributed by atoms with van der Waals surface area (Å²) in [6.07, 6.45) is 1.87. The second-order valence-corrected chi connectivity index (χ2v) is 9.75. The van der Waals surface area contributed by atoms with Crippen LogP contribution in [0.25, 0.3) is 0 Å². The summed E-state index contributed by atoms with van der Waals surface area (Å²) < 4.78 is 27.2. The van der Waals surface area contributed by atoms with Crippen LogP contribution in [0, 0.1) is 6.92 Å². The van der Waals surface area contributed by atoms with E-state index in [1.165, 1.54) is 4.31 Å². The molecular weight excluding hydrogens is 398 g/mol. The second-order valence-electron chi connectivity index (χ2n) is 7.81. The maximum absolute atomic E-state index is 12.8. The molecule has 0 spiro atoms. The van der Waals surface area contributed by atoms with Crippen molar-refractivity contribution in [3.8, 4) is 0 Å². The molecule has 0 unspecified atom stereocenters. The lowest BCUT2D eigenvalue weighted by atomic mass is 10.0. The number of sulfonamides is 1. The van der Waals surface area contributed by atoms with Gasteiger partial charge in [0.15, 0.2) is 0 Å². The average molecular weight is 430 g/mol. The molecule has 1 aliphatic heterocycles. The van der Waals surface area contributed by atoms with Crippen LogP contribution < -0.4 is 5.32 Å². The number of hydrogen-bond acceptors (Lipinski definition) is 4. The van der Waals surface area contributed by atoms with E-state index in [-0.39, 0.29) is 18.5 Å². The van der Waals surface area contributed by atoms with Crippen molar-refractivity contribution in [2.75, 3.05) is 32.7 Å². The Kier molecular flexibility index (Phi) is 7.64. The normalized spacial score (nSPS) is 16.9. The van der Waals surface area contributed by atoms with Crippen molar-refractivity contribution >= 4 is 15.9 Å². The Balaban J connectivity index is 1.53. The Hall–Kier alpha value is -2.22. The molecular formula is C23H31N3O3S. The molecule has 30 heavy (non-hydrogen) atoms. The molecule has 6 nitrogen and oxygen atoms in total. The fourth-order valence-electron chi connectivity index (χ4n) is 3.73. The summed E-state index contributed by atoms with van der Waals surface area (Å²) in [5.74, 6) is -0.0212. The number of carbonyl (C=O) groups excluding carboxylic acids is 1. The van der Waals surface area contributed by atoms with E-state index in [4.69, 9.17) is 0 Å². The number of nitrogens with one attached hydrogen (secondary N) is 1. The summed E-state index contributed by atoms with van der Waals surface area (Å²) in [6.45, 7) is 6.19. The average Bonchev–Trinajstić information content (AvgIpc) is 2.75. The van der Waals surface area contributed by atoms with E-state index in [1.807, 2.05) is 54.3 Å². The second kappa shape index (κ2) is 10.2. The quantitative estimate of drug-likeness (QED) is 0.700. The van der Waals surface area contributed by atoms with Crippen molar-refractivity contribution in [3.63, 3.8) is 0 Å². The van der Waals surface area contributed by atoms with Crippen molar-refractivity contribution in [2.45, 2.75) is 37.6 Å². The lowest BCUT2D eigenvalue weighted by Gasteiger charge is -2.33. The fraction of sp³-hybridized carbons (Fsp3) is 0.435. The number of hydrogen-bond donors (Lipinski definition) is 1. The zero-order chi connectivity index (χ0) is 21.6. The van der Waals surface area contributed by atoms with Crippen LogP contribution in [0.15, 0.2) is 59.5 Å². The van der Waals surface area contributed by atoms with E-state index < -0.39 is 10.0 Å². The van der Waals surface area contributed by atoms with Crippen molar-refractivity contribution in [3.05, 3.63) is 65.7 Å². The molecule has 0 saturated carbocycles. The van der Waals surface area contributed by atoms with Crippen LogP contribution in [0.1, 0.15) is 36.9 Å². The molecule has 1 amide bonds. The third-order valence-corrected chi connectivity index (χ3v) is 7.38. The van der Waals surface area contributed by atoms with Crippen LogP contribution in [-0.4, -0.2) is 56.3 Å². The molecule has 0 aliphatic carbocycles. The van der Waals surface area contributed by atoms with Gasteiger partial charge in [-0.25, -0.2) is 8.42 Å². The highest BCUT2D eigenvalue weighted by Gasteiger charge is 2.29. The van der Waals surface area contributed by atoms with Gasteiger partial charge in [-0.1, -0.05) is 61.4 Å². The van der Waals surface area contributed by atoms with Crippen LogP contribution in [0.3, 0.4) is 0 Å². The van der Waals surface area contributed by atoms with Gasteiger partial charge in [0.25, 0.3) is 0 Å². The molecule has 2 aromatic carbocycles. The third kappa shape index (κ3) is 5.68. The van der Waals surface area contributed by atoms with Gasteiger partial charge >= 0.3 is 0 Å². The Bertz CT molecular complexity index is 922. The maximum Gasteiger partial charge on any atom is 0.243 e. The Morgan fingerprint density at radius 2 is 1.63 bits per heavy atom. The first-order valence-electron chi connectivity index (χ1n) is 10.5. The fourth-order valence-corrected chi connectivity index (χ4v) is 5.15. The maximum atomic E-state index is 12.8. The van der Waals surface area contributed by atoms with Gasteiger partial charge in [-0.15, -0.1) is 0 Å². The molecule has 162 valence electrons. The number of piperazine rings is 1. The predicted molar refractivity (Wildman–Crippen MR) is 119 cm³/mol. The Labute approximate surface area is 179 Å². The van der Waals surface area contributed by atoms with E-state index in [1.54, 1.807) is 12.1 Å². The van der Waals surface area contributed by atoms with E-state index >= 15 is 0 Å². The summed E-state index contributed by atoms with van der Waals surface area (Å²) >= 11 is 0. The van der Waals surface area contributed by atoms with Crippen molar-refractivity contribution in [2.24, 2.45) is 0 Å². The van der Waals surface area contributed by atoms with Gasteiger partial charge in [-0.05, 0) is 31.0 Å². The SMILES string of the molecule is CCC[C@H](NC(=O)CN1CCN(S(=O)(=O)c2ccc(C)cc2)CC1)c1ccccc1. The standard InChI is InChI=1S/C23H31N3O3S/c1-3-7-22(20-8-5-4-6-9-20)24-23(27)18-25-14-16-26(17-15-25)30(28,29)21-12-10-19(2)11-13-21/h4-6,8-13,22H,3,7,14-18H2,1-2H3,(H,24,27)/t22-/m0/s1. The van der Waals surface area contributed by atoms with Crippen LogP contribution >= 0.6 is 0 Å². The molecule has 1 N–H and O–H groups in total. The van der Waals surface area contributed by atoms with Gasteiger partial charge < -0.3 is 5.32 Å². The van der Waals surface area contributed by atoms with Crippen LogP contribution in [-0.2, 0) is 14.8 Å². The van der Waals surface area contributed by atoms with E-state index in [2.05, 4.69) is 12.2 Å². The highest BCUT2D eigenvalue weighted by molar-refractivity contribution is 7.89. The first kappa shape index (κ1) is 22.5. The molecule has 1 saturated heterocycles. The largest absolute Gasteiger partial charge is 0.348 e. The Morgan fingerprint density at radius 3 is 2.23 bits per heavy atom. The molecule has 7 heteroatoms. The highest BCUT2D eigenvalue weighted by Crippen LogP contribution is 2.19. The van der Waals surface area contributed by atoms with Gasteiger partial charge in [-0.3, -0.25) is 9.69 Å². The lowest BCUT2D eigenvalue weighted by Crippen LogP contribution is -2.51. The minimum Gasteiger partial charge on any atom is -0.348 e. The first-order valence-corrected chi connectivity index (χ1v) is 12.0. The molecule has 1 heterocycles. The molecule has 0 bridgehead atoms. The topological polar surface area (TPSA) is 69.7 Å². The Morgan fingerprint density at radius 1 is 1.00 bits per heavy atom. The predicted octanol–water partition coefficient (Wildman–Crippen LogP) is 2.96. The van der Waals surface area contributed by atoms with Crippen LogP contribution in [0.5, 0.6) is 0 Å². The van der Waals surface area contributed by atoms with Crippen molar-refractivity contribution in [1.82, 2.24) is 14.5 Å². The monoisotopic (exact) mass is 429 g/mol. The van der Waals surface area contributed by atoms with E-state index in [0.717, 1.165) is 24.0 Å². The van der Waals surface area contributed by atoms with Gasteiger partial charge in [0, 0.05) is 26.2 Å². The van der Waals surface area contributed by atoms with Gasteiger partial charge in [0.05, 0.1) is 17.5 Å². The number of rotatable bonds is 8. The zero-order valence-corrected chi connectivity index (χ0v) is 18.6. The number of carbonyl (C=O) groups is 1. The zero-order valence-electron chi connectivity index (χ0n) is 17.8. The number of benzene rings is 2. The lowest BCUT2D eigenvalue weighted by molar-refractivity contribution is -0.123. The summed E-state index contributed by atoms with van der Waals surface area (Å²) in [6, 6.07) is 17.0. The first-order chi connectivity index (χ1) is 14.4. The molecule has 1 fully saturated rings. The minimum atomic E-state index is -3.49. The van der Waals surface area contributed by atoms with Crippen molar-refractivity contribution < 1.29 is 13.2 Å². The summed E-state index contributed by atoms with van der Waals surface area (Å²) in [5, 5.41) is 3.14. The summed E-state index contributed by atoms with van der Waals surface area (Å²) in [4.78, 5) is 15.0. The number of nitrogens with zero attached hydrogens (tertiary/aromatic N) is 2. The van der Waals surface area contributed by atoms with Crippen LogP contribution in [0.4, 0.5) is 0 Å². The minimum absolute atomic E-state index is 0.00639. The molecule has 0 radical (unpaired) electrons. The molecule has 2 aromatic rings. The van der Waals surface area contributed by atoms with Gasteiger partial charge in [0.1, 0.15) is 0 Å². The summed E-state index contributed by atoms with van der Waals surface area (Å²) in [5.41, 5.74) is 2.14. The third-order valence-electron chi connectivity index (χ3n) is 5.47. The number of aryl methyl sites for hydroxylation is 1. The van der Waals surface area contributed by atoms with Gasteiger partial charge in [-0.2, -0.15) is 4.31 Å². The van der Waals surface area contributed by atoms with E-state index in [9.17, 15) is 13.2 Å². The molecule has 3 rings (SSSR count). The molecule has 1 atom stereocenters. The van der Waals surface area contributed by atoms with Crippen molar-refractivity contribution in [1.29, 1.82) is 0 Å². The van der Waals surface area contributed by atoms with Gasteiger partial charge in [0.2, 0.25) is 15.9 Å². The number of amides is 1. The van der Waals surface area contributed by atoms with Crippen LogP contribution in [0.2, 0.25) is 0 Å². The smallest absolute Gasteiger partial charge is 0.243 e. The van der Waals surface area contributed by atoms with E-state index in [0.29, 0.717) is 31.1 Å². The molecule has 1 aliphatic rings. The highest BCUT2D eigenvalue weighted by atomic mass is 32.2. The summed E-state index contributed by atoms with van der Waals surface area (Å²) in [7, 11) is -3.49.